The van der Waals surface area contributed by atoms with Crippen LogP contribution in [0.2, 0.25) is 5.02 Å². The van der Waals surface area contributed by atoms with Crippen LogP contribution in [0.4, 0.5) is 27.1 Å². The number of halogens is 2. The molecule has 0 aliphatic carbocycles. The Morgan fingerprint density at radius 3 is 2.05 bits per heavy atom. The van der Waals surface area contributed by atoms with E-state index in [0.29, 0.717) is 11.4 Å². The number of anilines is 4. The molecule has 22 heavy (non-hydrogen) atoms. The van der Waals surface area contributed by atoms with Crippen LogP contribution in [-0.2, 0) is 0 Å². The summed E-state index contributed by atoms with van der Waals surface area (Å²) in [4.78, 5) is 4.25. The molecule has 0 saturated carbocycles. The zero-order valence-corrected chi connectivity index (χ0v) is 12.9. The van der Waals surface area contributed by atoms with E-state index < -0.39 is 0 Å². The van der Waals surface area contributed by atoms with Crippen molar-refractivity contribution in [2.24, 2.45) is 0 Å². The molecule has 1 saturated heterocycles. The number of piperazine rings is 1. The van der Waals surface area contributed by atoms with Crippen molar-refractivity contribution in [2.45, 2.75) is 0 Å². The van der Waals surface area contributed by atoms with Gasteiger partial charge in [-0.1, -0.05) is 11.6 Å². The Bertz CT molecular complexity index is 667. The van der Waals surface area contributed by atoms with Crippen molar-refractivity contribution in [3.05, 3.63) is 47.2 Å². The number of nitrogens with two attached hydrogens (primary N) is 2. The lowest BCUT2D eigenvalue weighted by Gasteiger charge is -2.37. The summed E-state index contributed by atoms with van der Waals surface area (Å²) in [5, 5.41) is 0.724. The summed E-state index contributed by atoms with van der Waals surface area (Å²) in [6.07, 6.45) is 0. The van der Waals surface area contributed by atoms with E-state index in [2.05, 4.69) is 4.90 Å². The molecule has 116 valence electrons. The minimum atomic E-state index is -0.327. The highest BCUT2D eigenvalue weighted by Gasteiger charge is 2.20. The lowest BCUT2D eigenvalue weighted by Crippen LogP contribution is -2.46. The molecule has 1 heterocycles. The van der Waals surface area contributed by atoms with Gasteiger partial charge in [0.05, 0.1) is 17.1 Å². The van der Waals surface area contributed by atoms with E-state index in [-0.39, 0.29) is 11.5 Å². The van der Waals surface area contributed by atoms with Gasteiger partial charge < -0.3 is 21.3 Å². The second-order valence-electron chi connectivity index (χ2n) is 5.38. The van der Waals surface area contributed by atoms with Crippen LogP contribution in [0.1, 0.15) is 0 Å². The molecule has 0 spiro atoms. The maximum absolute atomic E-state index is 14.1. The largest absolute Gasteiger partial charge is 0.397 e. The van der Waals surface area contributed by atoms with Crippen molar-refractivity contribution in [3.8, 4) is 0 Å². The minimum absolute atomic E-state index is 0.279. The van der Waals surface area contributed by atoms with Gasteiger partial charge in [0.1, 0.15) is 5.82 Å². The third-order valence-corrected chi connectivity index (χ3v) is 4.22. The van der Waals surface area contributed by atoms with Crippen LogP contribution in [0.15, 0.2) is 36.4 Å². The highest BCUT2D eigenvalue weighted by atomic mass is 35.5. The number of nitrogen functional groups attached to an aromatic ring is 2. The zero-order chi connectivity index (χ0) is 15.7. The van der Waals surface area contributed by atoms with Crippen molar-refractivity contribution in [1.82, 2.24) is 0 Å². The van der Waals surface area contributed by atoms with Gasteiger partial charge in [-0.3, -0.25) is 0 Å². The average molecular weight is 321 g/mol. The summed E-state index contributed by atoms with van der Waals surface area (Å²) in [7, 11) is 0. The average Bonchev–Trinajstić information content (AvgIpc) is 2.52. The van der Waals surface area contributed by atoms with Crippen LogP contribution in [0.5, 0.6) is 0 Å². The van der Waals surface area contributed by atoms with E-state index in [1.807, 2.05) is 29.2 Å². The molecule has 3 rings (SSSR count). The van der Waals surface area contributed by atoms with Gasteiger partial charge in [0.15, 0.2) is 0 Å². The molecule has 0 atom stereocenters. The molecular formula is C16H18ClFN4. The topological polar surface area (TPSA) is 58.5 Å². The first-order valence-corrected chi connectivity index (χ1v) is 7.52. The van der Waals surface area contributed by atoms with Crippen LogP contribution in [0.25, 0.3) is 0 Å². The molecule has 0 aromatic heterocycles. The van der Waals surface area contributed by atoms with Crippen LogP contribution in [0.3, 0.4) is 0 Å². The van der Waals surface area contributed by atoms with E-state index in [0.717, 1.165) is 36.9 Å². The number of benzene rings is 2. The van der Waals surface area contributed by atoms with Gasteiger partial charge in [-0.25, -0.2) is 4.39 Å². The van der Waals surface area contributed by atoms with Crippen molar-refractivity contribution in [2.75, 3.05) is 47.4 Å². The Balaban J connectivity index is 1.72. The molecule has 6 heteroatoms. The quantitative estimate of drug-likeness (QED) is 0.835. The van der Waals surface area contributed by atoms with E-state index >= 15 is 0 Å². The number of nitrogens with zero attached hydrogens (tertiary/aromatic N) is 2. The molecule has 4 N–H and O–H groups in total. The SMILES string of the molecule is Nc1cc(F)c(N2CCN(c3ccc(Cl)cc3)CC2)cc1N. The zero-order valence-electron chi connectivity index (χ0n) is 12.1. The van der Waals surface area contributed by atoms with Crippen LogP contribution >= 0.6 is 11.6 Å². The second-order valence-corrected chi connectivity index (χ2v) is 5.82. The summed E-state index contributed by atoms with van der Waals surface area (Å²) < 4.78 is 14.1. The van der Waals surface area contributed by atoms with Gasteiger partial charge >= 0.3 is 0 Å². The van der Waals surface area contributed by atoms with Crippen LogP contribution in [-0.4, -0.2) is 26.2 Å². The van der Waals surface area contributed by atoms with Gasteiger partial charge in [0.2, 0.25) is 0 Å². The molecule has 2 aromatic carbocycles. The normalized spacial score (nSPS) is 15.2. The fourth-order valence-electron chi connectivity index (χ4n) is 2.69. The summed E-state index contributed by atoms with van der Waals surface area (Å²) in [5.41, 5.74) is 13.7. The van der Waals surface area contributed by atoms with Crippen molar-refractivity contribution in [3.63, 3.8) is 0 Å². The standard InChI is InChI=1S/C16H18ClFN4/c17-11-1-3-12(4-2-11)21-5-7-22(8-6-21)16-10-15(20)14(19)9-13(16)18/h1-4,9-10H,5-8,19-20H2. The van der Waals surface area contributed by atoms with Gasteiger partial charge in [0.25, 0.3) is 0 Å². The van der Waals surface area contributed by atoms with Gasteiger partial charge in [0, 0.05) is 43.0 Å². The first-order chi connectivity index (χ1) is 10.5. The Hall–Kier alpha value is -2.14. The van der Waals surface area contributed by atoms with Gasteiger partial charge in [-0.15, -0.1) is 0 Å². The number of hydrogen-bond acceptors (Lipinski definition) is 4. The molecule has 0 amide bonds. The highest BCUT2D eigenvalue weighted by molar-refractivity contribution is 6.30. The fourth-order valence-corrected chi connectivity index (χ4v) is 2.82. The molecule has 1 aliphatic heterocycles. The summed E-state index contributed by atoms with van der Waals surface area (Å²) in [6, 6.07) is 10.7. The van der Waals surface area contributed by atoms with Crippen LogP contribution in [0, 0.1) is 5.82 Å². The first-order valence-electron chi connectivity index (χ1n) is 7.14. The van der Waals surface area contributed by atoms with Gasteiger partial charge in [-0.05, 0) is 30.3 Å². The molecule has 0 unspecified atom stereocenters. The predicted molar refractivity (Wildman–Crippen MR) is 91.1 cm³/mol. The Kier molecular flexibility index (Phi) is 3.98. The Morgan fingerprint density at radius 2 is 1.41 bits per heavy atom. The summed E-state index contributed by atoms with van der Waals surface area (Å²) in [6.45, 7) is 3.07. The Morgan fingerprint density at radius 1 is 0.864 bits per heavy atom. The molecule has 2 aromatic rings. The summed E-state index contributed by atoms with van der Waals surface area (Å²) in [5.74, 6) is -0.327. The minimum Gasteiger partial charge on any atom is -0.397 e. The van der Waals surface area contributed by atoms with Gasteiger partial charge in [-0.2, -0.15) is 0 Å². The molecule has 1 fully saturated rings. The summed E-state index contributed by atoms with van der Waals surface area (Å²) >= 11 is 5.91. The fraction of sp³-hybridized carbons (Fsp3) is 0.250. The lowest BCUT2D eigenvalue weighted by atomic mass is 10.2. The number of hydrogen-bond donors (Lipinski definition) is 2. The first kappa shape index (κ1) is 14.8. The van der Waals surface area contributed by atoms with E-state index in [9.17, 15) is 4.39 Å². The van der Waals surface area contributed by atoms with E-state index in [4.69, 9.17) is 23.1 Å². The molecule has 4 nitrogen and oxygen atoms in total. The Labute approximate surface area is 134 Å². The third-order valence-electron chi connectivity index (χ3n) is 3.96. The highest BCUT2D eigenvalue weighted by Crippen LogP contribution is 2.28. The second kappa shape index (κ2) is 5.93. The maximum atomic E-state index is 14.1. The number of rotatable bonds is 2. The lowest BCUT2D eigenvalue weighted by molar-refractivity contribution is 0.598. The molecule has 0 bridgehead atoms. The van der Waals surface area contributed by atoms with E-state index in [1.54, 1.807) is 6.07 Å². The molecular weight excluding hydrogens is 303 g/mol. The van der Waals surface area contributed by atoms with E-state index in [1.165, 1.54) is 6.07 Å². The smallest absolute Gasteiger partial charge is 0.148 e. The maximum Gasteiger partial charge on any atom is 0.148 e. The molecule has 1 aliphatic rings. The van der Waals surface area contributed by atoms with Crippen molar-refractivity contribution >= 4 is 34.4 Å². The predicted octanol–water partition coefficient (Wildman–Crippen LogP) is 2.97. The van der Waals surface area contributed by atoms with Crippen molar-refractivity contribution in [1.29, 1.82) is 0 Å². The molecule has 0 radical (unpaired) electrons. The van der Waals surface area contributed by atoms with Crippen LogP contribution < -0.4 is 21.3 Å². The third kappa shape index (κ3) is 2.90. The van der Waals surface area contributed by atoms with Crippen molar-refractivity contribution < 1.29 is 4.39 Å². The monoisotopic (exact) mass is 320 g/mol.